The summed E-state index contributed by atoms with van der Waals surface area (Å²) >= 11 is 0. The summed E-state index contributed by atoms with van der Waals surface area (Å²) in [6.45, 7) is 3.90. The first kappa shape index (κ1) is 12.4. The predicted molar refractivity (Wildman–Crippen MR) is 68.8 cm³/mol. The summed E-state index contributed by atoms with van der Waals surface area (Å²) in [6, 6.07) is 7.17. The van der Waals surface area contributed by atoms with Crippen LogP contribution in [0.4, 0.5) is 0 Å². The van der Waals surface area contributed by atoms with E-state index in [0.717, 1.165) is 0 Å². The first-order chi connectivity index (χ1) is 8.58. The van der Waals surface area contributed by atoms with E-state index in [0.29, 0.717) is 17.1 Å². The van der Waals surface area contributed by atoms with Crippen LogP contribution in [0.5, 0.6) is 5.75 Å². The smallest absolute Gasteiger partial charge is 0.228 e. The highest BCUT2D eigenvalue weighted by atomic mass is 16.5. The monoisotopic (exact) mass is 244 g/mol. The van der Waals surface area contributed by atoms with Gasteiger partial charge in [0.05, 0.1) is 6.10 Å². The number of ether oxygens (including phenoxy) is 1. The number of carbonyl (C=O) groups excluding carboxylic acids is 1. The van der Waals surface area contributed by atoms with Crippen LogP contribution < -0.4 is 4.74 Å². The standard InChI is InChI=1S/C14H16N2O2/c1-10(2)18-12-6-4-5-11(9-12)13(17)14-15-7-8-16(14)3/h4-10H,1-3H3. The van der Waals surface area contributed by atoms with Crippen molar-refractivity contribution in [1.82, 2.24) is 9.55 Å². The highest BCUT2D eigenvalue weighted by Gasteiger charge is 2.14. The Kier molecular flexibility index (Phi) is 3.46. The lowest BCUT2D eigenvalue weighted by molar-refractivity contribution is 0.102. The van der Waals surface area contributed by atoms with Crippen LogP contribution in [-0.2, 0) is 7.05 Å². The Bertz CT molecular complexity index is 558. The SMILES string of the molecule is CC(C)Oc1cccc(C(=O)c2nccn2C)c1. The summed E-state index contributed by atoms with van der Waals surface area (Å²) in [5.74, 6) is 1.03. The molecule has 0 N–H and O–H groups in total. The molecule has 0 unspecified atom stereocenters. The fourth-order valence-corrected chi connectivity index (χ4v) is 1.70. The topological polar surface area (TPSA) is 44.1 Å². The summed E-state index contributed by atoms with van der Waals surface area (Å²) < 4.78 is 7.28. The van der Waals surface area contributed by atoms with Crippen LogP contribution in [0.3, 0.4) is 0 Å². The average Bonchev–Trinajstić information content (AvgIpc) is 2.74. The zero-order valence-electron chi connectivity index (χ0n) is 10.8. The second kappa shape index (κ2) is 5.04. The minimum absolute atomic E-state index is 0.0866. The summed E-state index contributed by atoms with van der Waals surface area (Å²) in [6.07, 6.45) is 3.45. The second-order valence-electron chi connectivity index (χ2n) is 4.39. The van der Waals surface area contributed by atoms with E-state index in [-0.39, 0.29) is 11.9 Å². The lowest BCUT2D eigenvalue weighted by Crippen LogP contribution is -2.10. The third-order valence-electron chi connectivity index (χ3n) is 2.49. The Balaban J connectivity index is 2.29. The van der Waals surface area contributed by atoms with Crippen molar-refractivity contribution in [2.24, 2.45) is 7.05 Å². The van der Waals surface area contributed by atoms with Crippen LogP contribution in [0.2, 0.25) is 0 Å². The molecule has 0 aliphatic rings. The fourth-order valence-electron chi connectivity index (χ4n) is 1.70. The van der Waals surface area contributed by atoms with E-state index in [2.05, 4.69) is 4.98 Å². The summed E-state index contributed by atoms with van der Waals surface area (Å²) in [7, 11) is 1.80. The minimum atomic E-state index is -0.100. The maximum absolute atomic E-state index is 12.2. The quantitative estimate of drug-likeness (QED) is 0.776. The Hall–Kier alpha value is -2.10. The molecule has 4 heteroatoms. The molecule has 1 aromatic heterocycles. The van der Waals surface area contributed by atoms with Crippen LogP contribution >= 0.6 is 0 Å². The van der Waals surface area contributed by atoms with Crippen LogP contribution in [0.1, 0.15) is 30.0 Å². The van der Waals surface area contributed by atoms with Gasteiger partial charge in [-0.3, -0.25) is 4.79 Å². The van der Waals surface area contributed by atoms with Gasteiger partial charge in [-0.25, -0.2) is 4.98 Å². The molecule has 0 aliphatic carbocycles. The molecule has 94 valence electrons. The number of carbonyl (C=O) groups is 1. The molecule has 0 radical (unpaired) electrons. The van der Waals surface area contributed by atoms with Gasteiger partial charge in [0.1, 0.15) is 5.75 Å². The number of rotatable bonds is 4. The van der Waals surface area contributed by atoms with Crippen molar-refractivity contribution in [2.75, 3.05) is 0 Å². The van der Waals surface area contributed by atoms with Gasteiger partial charge in [0.2, 0.25) is 5.78 Å². The molecular weight excluding hydrogens is 228 g/mol. The number of aryl methyl sites for hydroxylation is 1. The van der Waals surface area contributed by atoms with Gasteiger partial charge in [0.15, 0.2) is 5.82 Å². The van der Waals surface area contributed by atoms with E-state index >= 15 is 0 Å². The number of hydrogen-bond acceptors (Lipinski definition) is 3. The van der Waals surface area contributed by atoms with Gasteiger partial charge in [-0.1, -0.05) is 12.1 Å². The number of hydrogen-bond donors (Lipinski definition) is 0. The molecule has 0 bridgehead atoms. The predicted octanol–water partition coefficient (Wildman–Crippen LogP) is 2.44. The van der Waals surface area contributed by atoms with Gasteiger partial charge in [0.25, 0.3) is 0 Å². The van der Waals surface area contributed by atoms with E-state index in [1.807, 2.05) is 26.0 Å². The number of benzene rings is 1. The molecule has 18 heavy (non-hydrogen) atoms. The fraction of sp³-hybridized carbons (Fsp3) is 0.286. The van der Waals surface area contributed by atoms with E-state index < -0.39 is 0 Å². The Morgan fingerprint density at radius 3 is 2.78 bits per heavy atom. The van der Waals surface area contributed by atoms with Gasteiger partial charge in [-0.2, -0.15) is 0 Å². The van der Waals surface area contributed by atoms with Crippen molar-refractivity contribution < 1.29 is 9.53 Å². The van der Waals surface area contributed by atoms with Crippen molar-refractivity contribution in [3.8, 4) is 5.75 Å². The van der Waals surface area contributed by atoms with Crippen molar-refractivity contribution in [3.05, 3.63) is 48.0 Å². The van der Waals surface area contributed by atoms with Crippen LogP contribution in [0.25, 0.3) is 0 Å². The maximum Gasteiger partial charge on any atom is 0.228 e. The molecule has 0 fully saturated rings. The zero-order chi connectivity index (χ0) is 13.1. The number of imidazole rings is 1. The van der Waals surface area contributed by atoms with Gasteiger partial charge in [-0.05, 0) is 26.0 Å². The molecule has 2 rings (SSSR count). The molecular formula is C14H16N2O2. The molecule has 4 nitrogen and oxygen atoms in total. The molecule has 0 spiro atoms. The van der Waals surface area contributed by atoms with Gasteiger partial charge in [0, 0.05) is 25.0 Å². The Morgan fingerprint density at radius 1 is 1.39 bits per heavy atom. The highest BCUT2D eigenvalue weighted by Crippen LogP contribution is 2.17. The Labute approximate surface area is 106 Å². The van der Waals surface area contributed by atoms with E-state index in [9.17, 15) is 4.79 Å². The summed E-state index contributed by atoms with van der Waals surface area (Å²) in [5.41, 5.74) is 0.586. The molecule has 0 saturated carbocycles. The second-order valence-corrected chi connectivity index (χ2v) is 4.39. The van der Waals surface area contributed by atoms with Crippen molar-refractivity contribution in [2.45, 2.75) is 20.0 Å². The molecule has 1 heterocycles. The first-order valence-electron chi connectivity index (χ1n) is 5.86. The molecule has 2 aromatic rings. The minimum Gasteiger partial charge on any atom is -0.491 e. The first-order valence-corrected chi connectivity index (χ1v) is 5.86. The Morgan fingerprint density at radius 2 is 2.17 bits per heavy atom. The normalized spacial score (nSPS) is 10.7. The van der Waals surface area contributed by atoms with Crippen molar-refractivity contribution in [1.29, 1.82) is 0 Å². The molecule has 0 aliphatic heterocycles. The highest BCUT2D eigenvalue weighted by molar-refractivity contribution is 6.06. The third-order valence-corrected chi connectivity index (χ3v) is 2.49. The van der Waals surface area contributed by atoms with E-state index in [1.165, 1.54) is 0 Å². The van der Waals surface area contributed by atoms with Crippen LogP contribution in [0.15, 0.2) is 36.7 Å². The summed E-state index contributed by atoms with van der Waals surface area (Å²) in [4.78, 5) is 16.3. The van der Waals surface area contributed by atoms with Crippen LogP contribution in [0, 0.1) is 0 Å². The lowest BCUT2D eigenvalue weighted by Gasteiger charge is -2.10. The zero-order valence-corrected chi connectivity index (χ0v) is 10.8. The number of nitrogens with zero attached hydrogens (tertiary/aromatic N) is 2. The summed E-state index contributed by atoms with van der Waals surface area (Å²) in [5, 5.41) is 0. The van der Waals surface area contributed by atoms with Crippen molar-refractivity contribution in [3.63, 3.8) is 0 Å². The van der Waals surface area contributed by atoms with E-state index in [4.69, 9.17) is 4.74 Å². The van der Waals surface area contributed by atoms with Gasteiger partial charge in [-0.15, -0.1) is 0 Å². The maximum atomic E-state index is 12.2. The third kappa shape index (κ3) is 2.59. The van der Waals surface area contributed by atoms with Crippen LogP contribution in [-0.4, -0.2) is 21.4 Å². The molecule has 1 aromatic carbocycles. The molecule has 0 amide bonds. The van der Waals surface area contributed by atoms with E-state index in [1.54, 1.807) is 36.1 Å². The molecule has 0 atom stereocenters. The van der Waals surface area contributed by atoms with Gasteiger partial charge < -0.3 is 9.30 Å². The number of ketones is 1. The molecule has 0 saturated heterocycles. The average molecular weight is 244 g/mol. The number of aromatic nitrogens is 2. The lowest BCUT2D eigenvalue weighted by atomic mass is 10.1. The largest absolute Gasteiger partial charge is 0.491 e. The van der Waals surface area contributed by atoms with Gasteiger partial charge >= 0.3 is 0 Å². The van der Waals surface area contributed by atoms with Crippen molar-refractivity contribution >= 4 is 5.78 Å².